The summed E-state index contributed by atoms with van der Waals surface area (Å²) in [6.45, 7) is 0.118. The third-order valence-electron chi connectivity index (χ3n) is 3.23. The monoisotopic (exact) mass is 324 g/mol. The van der Waals surface area contributed by atoms with Gasteiger partial charge in [-0.25, -0.2) is 19.9 Å². The molecule has 0 aliphatic carbocycles. The first-order chi connectivity index (χ1) is 11.7. The summed E-state index contributed by atoms with van der Waals surface area (Å²) in [5, 5.41) is 0. The van der Waals surface area contributed by atoms with Crippen LogP contribution in [0.15, 0.2) is 42.7 Å². The second kappa shape index (κ2) is 6.88. The second-order valence-electron chi connectivity index (χ2n) is 4.86. The molecule has 0 saturated carbocycles. The van der Waals surface area contributed by atoms with Crippen molar-refractivity contribution < 1.29 is 9.47 Å². The largest absolute Gasteiger partial charge is 0.467 e. The number of ether oxygens (including phenoxy) is 2. The average Bonchev–Trinajstić information content (AvgIpc) is 2.60. The molecule has 2 aromatic heterocycles. The van der Waals surface area contributed by atoms with Gasteiger partial charge in [-0.05, 0) is 30.3 Å². The number of anilines is 2. The molecule has 0 aliphatic heterocycles. The Bertz CT molecular complexity index is 855. The molecule has 0 fully saturated rings. The molecule has 0 bridgehead atoms. The molecule has 4 N–H and O–H groups in total. The zero-order chi connectivity index (χ0) is 16.9. The summed E-state index contributed by atoms with van der Waals surface area (Å²) in [6, 6.07) is 9.12. The summed E-state index contributed by atoms with van der Waals surface area (Å²) in [4.78, 5) is 16.3. The van der Waals surface area contributed by atoms with Gasteiger partial charge in [-0.1, -0.05) is 0 Å². The molecule has 3 rings (SSSR count). The molecule has 3 aromatic rings. The van der Waals surface area contributed by atoms with Crippen molar-refractivity contribution in [3.05, 3.63) is 42.7 Å². The van der Waals surface area contributed by atoms with Crippen molar-refractivity contribution in [1.29, 1.82) is 0 Å². The van der Waals surface area contributed by atoms with Crippen LogP contribution in [0.3, 0.4) is 0 Å². The molecule has 8 heteroatoms. The van der Waals surface area contributed by atoms with E-state index < -0.39 is 0 Å². The topological polar surface area (TPSA) is 122 Å². The zero-order valence-electron chi connectivity index (χ0n) is 13.0. The Labute approximate surface area is 138 Å². The Morgan fingerprint density at radius 1 is 0.917 bits per heavy atom. The predicted molar refractivity (Wildman–Crippen MR) is 89.8 cm³/mol. The summed E-state index contributed by atoms with van der Waals surface area (Å²) in [6.07, 6.45) is 3.20. The molecular weight excluding hydrogens is 308 g/mol. The van der Waals surface area contributed by atoms with Gasteiger partial charge in [-0.3, -0.25) is 0 Å². The first kappa shape index (κ1) is 15.6. The van der Waals surface area contributed by atoms with Crippen LogP contribution in [0.2, 0.25) is 0 Å². The van der Waals surface area contributed by atoms with Gasteiger partial charge >= 0.3 is 0 Å². The Hall–Kier alpha value is -3.26. The maximum atomic E-state index is 5.69. The first-order valence-electron chi connectivity index (χ1n) is 7.11. The average molecular weight is 324 g/mol. The van der Waals surface area contributed by atoms with E-state index in [1.807, 2.05) is 18.2 Å². The van der Waals surface area contributed by atoms with Crippen molar-refractivity contribution in [1.82, 2.24) is 19.9 Å². The predicted octanol–water partition coefficient (Wildman–Crippen LogP) is 1.75. The third kappa shape index (κ3) is 3.39. The number of rotatable bonds is 5. The molecule has 0 atom stereocenters. The first-order valence-corrected chi connectivity index (χ1v) is 7.11. The lowest BCUT2D eigenvalue weighted by Crippen LogP contribution is -2.02. The summed E-state index contributed by atoms with van der Waals surface area (Å²) >= 11 is 0. The maximum absolute atomic E-state index is 5.69. The third-order valence-corrected chi connectivity index (χ3v) is 3.23. The molecule has 0 saturated heterocycles. The molecule has 0 unspecified atom stereocenters. The van der Waals surface area contributed by atoms with Crippen LogP contribution in [0.25, 0.3) is 22.5 Å². The summed E-state index contributed by atoms with van der Waals surface area (Å²) in [7, 11) is 1.56. The van der Waals surface area contributed by atoms with E-state index in [9.17, 15) is 0 Å². The highest BCUT2D eigenvalue weighted by Gasteiger charge is 2.12. The molecule has 0 spiro atoms. The lowest BCUT2D eigenvalue weighted by atomic mass is 10.0. The van der Waals surface area contributed by atoms with Crippen LogP contribution in [0.1, 0.15) is 0 Å². The maximum Gasteiger partial charge on any atom is 0.220 e. The fraction of sp³-hybridized carbons (Fsp3) is 0.125. The summed E-state index contributed by atoms with van der Waals surface area (Å²) in [5.74, 6) is 1.00. The van der Waals surface area contributed by atoms with E-state index in [0.717, 1.165) is 11.1 Å². The van der Waals surface area contributed by atoms with Crippen molar-refractivity contribution in [3.8, 4) is 28.3 Å². The van der Waals surface area contributed by atoms with E-state index >= 15 is 0 Å². The number of nitrogens with two attached hydrogens (primary N) is 2. The number of nitrogens with zero attached hydrogens (tertiary/aromatic N) is 4. The van der Waals surface area contributed by atoms with E-state index in [1.54, 1.807) is 31.6 Å². The smallest absolute Gasteiger partial charge is 0.220 e. The lowest BCUT2D eigenvalue weighted by Gasteiger charge is -2.12. The minimum absolute atomic E-state index is 0.118. The van der Waals surface area contributed by atoms with Crippen molar-refractivity contribution >= 4 is 11.9 Å². The molecule has 1 aromatic carbocycles. The van der Waals surface area contributed by atoms with Gasteiger partial charge in [-0.15, -0.1) is 0 Å². The number of methoxy groups -OCH3 is 1. The van der Waals surface area contributed by atoms with Crippen molar-refractivity contribution in [2.75, 3.05) is 25.4 Å². The summed E-state index contributed by atoms with van der Waals surface area (Å²) in [5.41, 5.74) is 14.3. The van der Waals surface area contributed by atoms with Crippen LogP contribution in [-0.2, 0) is 4.74 Å². The van der Waals surface area contributed by atoms with Gasteiger partial charge in [0.2, 0.25) is 11.9 Å². The number of nitrogen functional groups attached to an aromatic ring is 2. The van der Waals surface area contributed by atoms with Crippen LogP contribution >= 0.6 is 0 Å². The number of aromatic nitrogens is 4. The van der Waals surface area contributed by atoms with Gasteiger partial charge < -0.3 is 20.9 Å². The van der Waals surface area contributed by atoms with Gasteiger partial charge in [0.05, 0.1) is 11.4 Å². The number of hydrogen-bond acceptors (Lipinski definition) is 8. The summed E-state index contributed by atoms with van der Waals surface area (Å²) < 4.78 is 10.6. The lowest BCUT2D eigenvalue weighted by molar-refractivity contribution is 0.0515. The molecule has 0 aliphatic rings. The minimum atomic E-state index is 0.118. The molecule has 0 radical (unpaired) electrons. The van der Waals surface area contributed by atoms with Crippen molar-refractivity contribution in [2.24, 2.45) is 0 Å². The van der Waals surface area contributed by atoms with Gasteiger partial charge in [0.15, 0.2) is 6.79 Å². The van der Waals surface area contributed by atoms with E-state index in [1.165, 1.54) is 0 Å². The Morgan fingerprint density at radius 3 is 2.25 bits per heavy atom. The van der Waals surface area contributed by atoms with Crippen LogP contribution in [0.4, 0.5) is 11.9 Å². The number of hydrogen-bond donors (Lipinski definition) is 2. The van der Waals surface area contributed by atoms with Crippen LogP contribution in [0.5, 0.6) is 5.75 Å². The second-order valence-corrected chi connectivity index (χ2v) is 4.86. The van der Waals surface area contributed by atoms with Gasteiger partial charge in [0.25, 0.3) is 0 Å². The standard InChI is InChI=1S/C16H16N6O2/c1-23-9-24-14-3-2-10(12-4-6-19-15(17)21-12)8-11(14)13-5-7-20-16(18)22-13/h2-8H,9H2,1H3,(H2,17,19,21)(H2,18,20,22). The van der Waals surface area contributed by atoms with Gasteiger partial charge in [-0.2, -0.15) is 0 Å². The normalized spacial score (nSPS) is 10.5. The van der Waals surface area contributed by atoms with Crippen LogP contribution in [-0.4, -0.2) is 33.8 Å². The fourth-order valence-corrected chi connectivity index (χ4v) is 2.20. The fourth-order valence-electron chi connectivity index (χ4n) is 2.20. The number of benzene rings is 1. The quantitative estimate of drug-likeness (QED) is 0.681. The molecule has 24 heavy (non-hydrogen) atoms. The molecule has 2 heterocycles. The van der Waals surface area contributed by atoms with Crippen LogP contribution < -0.4 is 16.2 Å². The minimum Gasteiger partial charge on any atom is -0.467 e. The Morgan fingerprint density at radius 2 is 1.58 bits per heavy atom. The van der Waals surface area contributed by atoms with E-state index in [-0.39, 0.29) is 18.7 Å². The van der Waals surface area contributed by atoms with E-state index in [2.05, 4.69) is 19.9 Å². The van der Waals surface area contributed by atoms with Crippen molar-refractivity contribution in [3.63, 3.8) is 0 Å². The van der Waals surface area contributed by atoms with Gasteiger partial charge in [0.1, 0.15) is 5.75 Å². The SMILES string of the molecule is COCOc1ccc(-c2ccnc(N)n2)cc1-c1ccnc(N)n1. The highest BCUT2D eigenvalue weighted by Crippen LogP contribution is 2.33. The molecule has 0 amide bonds. The molecular formula is C16H16N6O2. The van der Waals surface area contributed by atoms with E-state index in [4.69, 9.17) is 20.9 Å². The molecule has 122 valence electrons. The van der Waals surface area contributed by atoms with Gasteiger partial charge in [0, 0.05) is 30.6 Å². The molecule has 8 nitrogen and oxygen atoms in total. The highest BCUT2D eigenvalue weighted by atomic mass is 16.7. The highest BCUT2D eigenvalue weighted by molar-refractivity contribution is 5.75. The van der Waals surface area contributed by atoms with Crippen LogP contribution in [0, 0.1) is 0 Å². The zero-order valence-corrected chi connectivity index (χ0v) is 13.0. The Balaban J connectivity index is 2.10. The van der Waals surface area contributed by atoms with Crippen molar-refractivity contribution in [2.45, 2.75) is 0 Å². The van der Waals surface area contributed by atoms with E-state index in [0.29, 0.717) is 17.1 Å². The Kier molecular flexibility index (Phi) is 4.48.